The van der Waals surface area contributed by atoms with E-state index in [-0.39, 0.29) is 5.75 Å². The quantitative estimate of drug-likeness (QED) is 0.741. The Bertz CT molecular complexity index is 351. The zero-order valence-corrected chi connectivity index (χ0v) is 11.4. The van der Waals surface area contributed by atoms with Crippen LogP contribution in [0.25, 0.3) is 0 Å². The van der Waals surface area contributed by atoms with Gasteiger partial charge in [-0.05, 0) is 48.6 Å². The van der Waals surface area contributed by atoms with Gasteiger partial charge in [0, 0.05) is 0 Å². The van der Waals surface area contributed by atoms with Gasteiger partial charge in [-0.25, -0.2) is 8.78 Å². The molecule has 0 unspecified atom stereocenters. The second-order valence-electron chi connectivity index (χ2n) is 3.83. The van der Waals surface area contributed by atoms with Gasteiger partial charge in [0.2, 0.25) is 0 Å². The van der Waals surface area contributed by atoms with Gasteiger partial charge in [0.25, 0.3) is 0 Å². The number of hydrogen-bond acceptors (Lipinski definition) is 3. The van der Waals surface area contributed by atoms with Gasteiger partial charge >= 0.3 is 0 Å². The average Bonchev–Trinajstić information content (AvgIpc) is 2.32. The van der Waals surface area contributed by atoms with E-state index in [1.165, 1.54) is 12.1 Å². The minimum absolute atomic E-state index is 0.280. The number of benzene rings is 1. The molecule has 1 aromatic carbocycles. The van der Waals surface area contributed by atoms with Crippen LogP contribution in [0.4, 0.5) is 8.78 Å². The monoisotopic (exact) mass is 275 g/mol. The van der Waals surface area contributed by atoms with Crippen molar-refractivity contribution in [3.63, 3.8) is 0 Å². The summed E-state index contributed by atoms with van der Waals surface area (Å²) in [5.41, 5.74) is 5.90. The van der Waals surface area contributed by atoms with Crippen LogP contribution in [0, 0.1) is 11.6 Å². The van der Waals surface area contributed by atoms with Crippen LogP contribution in [0.15, 0.2) is 12.1 Å². The maximum absolute atomic E-state index is 13.6. The topological polar surface area (TPSA) is 35.2 Å². The van der Waals surface area contributed by atoms with Gasteiger partial charge < -0.3 is 10.5 Å². The molecule has 0 aliphatic heterocycles. The second kappa shape index (κ2) is 8.32. The van der Waals surface area contributed by atoms with Gasteiger partial charge in [-0.2, -0.15) is 11.8 Å². The molecule has 0 saturated heterocycles. The molecule has 0 bridgehead atoms. The Morgan fingerprint density at radius 1 is 1.28 bits per heavy atom. The number of halogens is 2. The molecule has 0 aliphatic rings. The van der Waals surface area contributed by atoms with E-state index in [0.29, 0.717) is 25.1 Å². The molecule has 0 saturated carbocycles. The van der Waals surface area contributed by atoms with Crippen LogP contribution in [0.2, 0.25) is 0 Å². The molecule has 18 heavy (non-hydrogen) atoms. The lowest BCUT2D eigenvalue weighted by molar-refractivity contribution is 0.285. The summed E-state index contributed by atoms with van der Waals surface area (Å²) in [4.78, 5) is 0. The van der Waals surface area contributed by atoms with Crippen molar-refractivity contribution in [3.8, 4) is 5.75 Å². The van der Waals surface area contributed by atoms with Crippen molar-refractivity contribution in [2.75, 3.05) is 24.7 Å². The number of ether oxygens (including phenoxy) is 1. The van der Waals surface area contributed by atoms with E-state index in [2.05, 4.69) is 6.92 Å². The normalized spacial score (nSPS) is 10.7. The molecule has 2 nitrogen and oxygen atoms in total. The maximum Gasteiger partial charge on any atom is 0.190 e. The molecule has 0 atom stereocenters. The summed E-state index contributed by atoms with van der Waals surface area (Å²) in [6.45, 7) is 2.77. The molecular weight excluding hydrogens is 256 g/mol. The molecule has 0 radical (unpaired) electrons. The highest BCUT2D eigenvalue weighted by atomic mass is 32.2. The highest BCUT2D eigenvalue weighted by molar-refractivity contribution is 7.99. The summed E-state index contributed by atoms with van der Waals surface area (Å²) >= 11 is 1.78. The first kappa shape index (κ1) is 15.2. The van der Waals surface area contributed by atoms with Gasteiger partial charge in [0.15, 0.2) is 17.4 Å². The molecule has 0 spiro atoms. The lowest BCUT2D eigenvalue weighted by Crippen LogP contribution is -2.06. The van der Waals surface area contributed by atoms with Gasteiger partial charge in [-0.3, -0.25) is 0 Å². The van der Waals surface area contributed by atoms with Crippen LogP contribution in [0.5, 0.6) is 5.75 Å². The van der Waals surface area contributed by atoms with Crippen LogP contribution in [0.3, 0.4) is 0 Å². The van der Waals surface area contributed by atoms with Crippen LogP contribution in [-0.2, 0) is 6.42 Å². The van der Waals surface area contributed by atoms with Crippen molar-refractivity contribution < 1.29 is 13.5 Å². The first-order chi connectivity index (χ1) is 8.69. The molecule has 5 heteroatoms. The predicted molar refractivity (Wildman–Crippen MR) is 72.2 cm³/mol. The molecule has 1 rings (SSSR count). The van der Waals surface area contributed by atoms with E-state index in [4.69, 9.17) is 10.5 Å². The summed E-state index contributed by atoms with van der Waals surface area (Å²) < 4.78 is 32.3. The Balaban J connectivity index is 2.54. The molecule has 0 heterocycles. The zero-order chi connectivity index (χ0) is 13.4. The lowest BCUT2D eigenvalue weighted by Gasteiger charge is -2.09. The Kier molecular flexibility index (Phi) is 7.05. The van der Waals surface area contributed by atoms with Crippen LogP contribution < -0.4 is 10.5 Å². The number of thioether (sulfide) groups is 1. The Morgan fingerprint density at radius 2 is 1.94 bits per heavy atom. The third kappa shape index (κ3) is 4.82. The molecule has 2 N–H and O–H groups in total. The standard InChI is InChI=1S/C13H19F2NOS/c1-2-18-7-3-6-17-13-11(14)8-10(4-5-16)9-12(13)15/h8-9H,2-7,16H2,1H3. The van der Waals surface area contributed by atoms with Gasteiger partial charge in [-0.15, -0.1) is 0 Å². The summed E-state index contributed by atoms with van der Waals surface area (Å²) in [6, 6.07) is 2.57. The number of hydrogen-bond donors (Lipinski definition) is 1. The summed E-state index contributed by atoms with van der Waals surface area (Å²) in [5, 5.41) is 0. The van der Waals surface area contributed by atoms with Crippen LogP contribution in [0.1, 0.15) is 18.9 Å². The molecule has 0 fully saturated rings. The van der Waals surface area contributed by atoms with E-state index < -0.39 is 11.6 Å². The fourth-order valence-electron chi connectivity index (χ4n) is 1.54. The Morgan fingerprint density at radius 3 is 2.50 bits per heavy atom. The minimum Gasteiger partial charge on any atom is -0.488 e. The van der Waals surface area contributed by atoms with Crippen molar-refractivity contribution in [2.45, 2.75) is 19.8 Å². The zero-order valence-electron chi connectivity index (χ0n) is 10.5. The van der Waals surface area contributed by atoms with Crippen molar-refractivity contribution in [1.82, 2.24) is 0 Å². The minimum atomic E-state index is -0.651. The van der Waals surface area contributed by atoms with Crippen LogP contribution in [-0.4, -0.2) is 24.7 Å². The SMILES string of the molecule is CCSCCCOc1c(F)cc(CCN)cc1F. The van der Waals surface area contributed by atoms with E-state index in [9.17, 15) is 8.78 Å². The molecule has 0 aliphatic carbocycles. The predicted octanol–water partition coefficient (Wildman–Crippen LogP) is 2.99. The van der Waals surface area contributed by atoms with Crippen molar-refractivity contribution >= 4 is 11.8 Å². The summed E-state index contributed by atoms with van der Waals surface area (Å²) in [5.74, 6) is 0.391. The van der Waals surface area contributed by atoms with E-state index in [1.807, 2.05) is 0 Å². The third-order valence-corrected chi connectivity index (χ3v) is 3.36. The number of rotatable bonds is 8. The third-order valence-electron chi connectivity index (χ3n) is 2.37. The van der Waals surface area contributed by atoms with Gasteiger partial charge in [-0.1, -0.05) is 6.92 Å². The summed E-state index contributed by atoms with van der Waals surface area (Å²) in [7, 11) is 0. The average molecular weight is 275 g/mol. The van der Waals surface area contributed by atoms with Crippen molar-refractivity contribution in [1.29, 1.82) is 0 Å². The highest BCUT2D eigenvalue weighted by Crippen LogP contribution is 2.23. The smallest absolute Gasteiger partial charge is 0.190 e. The molecule has 0 aromatic heterocycles. The first-order valence-electron chi connectivity index (χ1n) is 6.07. The fourth-order valence-corrected chi connectivity index (χ4v) is 2.15. The maximum atomic E-state index is 13.6. The van der Waals surface area contributed by atoms with Gasteiger partial charge in [0.1, 0.15) is 0 Å². The molecular formula is C13H19F2NOS. The highest BCUT2D eigenvalue weighted by Gasteiger charge is 2.12. The second-order valence-corrected chi connectivity index (χ2v) is 5.22. The Labute approximate surface area is 111 Å². The van der Waals surface area contributed by atoms with Crippen molar-refractivity contribution in [3.05, 3.63) is 29.3 Å². The molecule has 0 amide bonds. The van der Waals surface area contributed by atoms with E-state index >= 15 is 0 Å². The first-order valence-corrected chi connectivity index (χ1v) is 7.23. The largest absolute Gasteiger partial charge is 0.488 e. The molecule has 1 aromatic rings. The number of nitrogens with two attached hydrogens (primary N) is 1. The lowest BCUT2D eigenvalue weighted by atomic mass is 10.1. The Hall–Kier alpha value is -0.810. The fraction of sp³-hybridized carbons (Fsp3) is 0.538. The van der Waals surface area contributed by atoms with E-state index in [0.717, 1.165) is 17.9 Å². The molecule has 102 valence electrons. The van der Waals surface area contributed by atoms with Crippen LogP contribution >= 0.6 is 11.8 Å². The summed E-state index contributed by atoms with van der Waals surface area (Å²) in [6.07, 6.45) is 1.24. The van der Waals surface area contributed by atoms with Gasteiger partial charge in [0.05, 0.1) is 6.61 Å². The van der Waals surface area contributed by atoms with E-state index in [1.54, 1.807) is 11.8 Å². The van der Waals surface area contributed by atoms with Crippen molar-refractivity contribution in [2.24, 2.45) is 5.73 Å².